The Hall–Kier alpha value is -1.82. The van der Waals surface area contributed by atoms with Gasteiger partial charge in [0.05, 0.1) is 11.6 Å². The molecule has 1 aliphatic heterocycles. The SMILES string of the molecule is O[C@@]1(C(F)(F)F)NN=C2/C(=C/c3ccccc3)CC[C@@H]21. The van der Waals surface area contributed by atoms with E-state index < -0.39 is 17.8 Å². The number of hydrazone groups is 1. The topological polar surface area (TPSA) is 44.6 Å². The molecule has 0 unspecified atom stereocenters. The van der Waals surface area contributed by atoms with Gasteiger partial charge < -0.3 is 5.11 Å². The van der Waals surface area contributed by atoms with E-state index in [0.717, 1.165) is 11.1 Å². The zero-order valence-corrected chi connectivity index (χ0v) is 10.5. The molecule has 1 aromatic rings. The monoisotopic (exact) mass is 282 g/mol. The number of benzene rings is 1. The normalized spacial score (nSPS) is 31.1. The van der Waals surface area contributed by atoms with Crippen molar-refractivity contribution >= 4 is 11.8 Å². The van der Waals surface area contributed by atoms with Crippen molar-refractivity contribution in [2.24, 2.45) is 11.0 Å². The molecule has 1 fully saturated rings. The van der Waals surface area contributed by atoms with Crippen LogP contribution < -0.4 is 5.43 Å². The molecule has 106 valence electrons. The number of nitrogens with zero attached hydrogens (tertiary/aromatic N) is 1. The molecule has 2 atom stereocenters. The Labute approximate surface area is 113 Å². The highest BCUT2D eigenvalue weighted by Crippen LogP contribution is 2.45. The lowest BCUT2D eigenvalue weighted by atomic mass is 9.93. The average Bonchev–Trinajstić information content (AvgIpc) is 2.94. The minimum atomic E-state index is -4.74. The van der Waals surface area contributed by atoms with E-state index in [9.17, 15) is 18.3 Å². The summed E-state index contributed by atoms with van der Waals surface area (Å²) in [5.41, 5.74) is 0.901. The first-order chi connectivity index (χ1) is 9.42. The first-order valence-corrected chi connectivity index (χ1v) is 6.31. The van der Waals surface area contributed by atoms with E-state index >= 15 is 0 Å². The van der Waals surface area contributed by atoms with E-state index in [2.05, 4.69) is 5.10 Å². The summed E-state index contributed by atoms with van der Waals surface area (Å²) in [4.78, 5) is 0. The Morgan fingerprint density at radius 2 is 2.00 bits per heavy atom. The number of halogens is 3. The molecule has 0 bridgehead atoms. The number of nitrogens with one attached hydrogen (secondary N) is 1. The van der Waals surface area contributed by atoms with Gasteiger partial charge in [0.1, 0.15) is 0 Å². The summed E-state index contributed by atoms with van der Waals surface area (Å²) in [6.07, 6.45) is -2.20. The van der Waals surface area contributed by atoms with E-state index in [4.69, 9.17) is 0 Å². The van der Waals surface area contributed by atoms with Gasteiger partial charge in [0.2, 0.25) is 0 Å². The highest BCUT2D eigenvalue weighted by molar-refractivity contribution is 6.08. The predicted octanol–water partition coefficient (Wildman–Crippen LogP) is 2.69. The van der Waals surface area contributed by atoms with E-state index in [1.807, 2.05) is 41.8 Å². The van der Waals surface area contributed by atoms with Gasteiger partial charge in [-0.3, -0.25) is 5.43 Å². The smallest absolute Gasteiger partial charge is 0.362 e. The largest absolute Gasteiger partial charge is 0.438 e. The van der Waals surface area contributed by atoms with Crippen LogP contribution in [0.2, 0.25) is 0 Å². The van der Waals surface area contributed by atoms with Crippen molar-refractivity contribution in [3.8, 4) is 0 Å². The lowest BCUT2D eigenvalue weighted by molar-refractivity contribution is -0.280. The van der Waals surface area contributed by atoms with Crippen LogP contribution in [0.1, 0.15) is 18.4 Å². The quantitative estimate of drug-likeness (QED) is 0.831. The molecule has 0 amide bonds. The Balaban J connectivity index is 1.90. The van der Waals surface area contributed by atoms with Gasteiger partial charge in [-0.15, -0.1) is 0 Å². The van der Waals surface area contributed by atoms with E-state index in [1.165, 1.54) is 0 Å². The summed E-state index contributed by atoms with van der Waals surface area (Å²) in [6.45, 7) is 0. The molecular weight excluding hydrogens is 269 g/mol. The van der Waals surface area contributed by atoms with Crippen LogP contribution >= 0.6 is 0 Å². The Bertz CT molecular complexity index is 580. The third-order valence-corrected chi connectivity index (χ3v) is 3.79. The van der Waals surface area contributed by atoms with Gasteiger partial charge in [0.15, 0.2) is 0 Å². The highest BCUT2D eigenvalue weighted by atomic mass is 19.4. The van der Waals surface area contributed by atoms with Crippen LogP contribution in [-0.2, 0) is 0 Å². The third kappa shape index (κ3) is 1.91. The molecule has 0 radical (unpaired) electrons. The number of fused-ring (bicyclic) bond motifs is 1. The lowest BCUT2D eigenvalue weighted by Crippen LogP contribution is -2.57. The van der Waals surface area contributed by atoms with Crippen LogP contribution in [0.25, 0.3) is 6.08 Å². The lowest BCUT2D eigenvalue weighted by Gasteiger charge is -2.29. The summed E-state index contributed by atoms with van der Waals surface area (Å²) < 4.78 is 38.8. The summed E-state index contributed by atoms with van der Waals surface area (Å²) in [7, 11) is 0. The Morgan fingerprint density at radius 1 is 1.30 bits per heavy atom. The number of allylic oxidation sites excluding steroid dienone is 1. The number of hydrogen-bond donors (Lipinski definition) is 2. The van der Waals surface area contributed by atoms with Gasteiger partial charge in [-0.05, 0) is 30.1 Å². The van der Waals surface area contributed by atoms with Crippen molar-refractivity contribution in [3.05, 3.63) is 41.5 Å². The molecule has 6 heteroatoms. The maximum atomic E-state index is 12.9. The zero-order chi connectivity index (χ0) is 14.4. The molecule has 20 heavy (non-hydrogen) atoms. The van der Waals surface area contributed by atoms with E-state index in [-0.39, 0.29) is 6.42 Å². The average molecular weight is 282 g/mol. The molecule has 1 aromatic carbocycles. The number of rotatable bonds is 1. The fraction of sp³-hybridized carbons (Fsp3) is 0.357. The molecule has 2 aliphatic rings. The summed E-state index contributed by atoms with van der Waals surface area (Å²) in [6, 6.07) is 9.34. The molecule has 3 rings (SSSR count). The first-order valence-electron chi connectivity index (χ1n) is 6.31. The molecule has 3 nitrogen and oxygen atoms in total. The summed E-state index contributed by atoms with van der Waals surface area (Å²) >= 11 is 0. The first kappa shape index (κ1) is 13.2. The molecule has 0 aromatic heterocycles. The van der Waals surface area contributed by atoms with E-state index in [1.54, 1.807) is 0 Å². The number of aliphatic hydroxyl groups is 1. The van der Waals surface area contributed by atoms with Crippen molar-refractivity contribution < 1.29 is 18.3 Å². The minimum Gasteiger partial charge on any atom is -0.362 e. The summed E-state index contributed by atoms with van der Waals surface area (Å²) in [5, 5.41) is 13.5. The van der Waals surface area contributed by atoms with Gasteiger partial charge >= 0.3 is 6.18 Å². The fourth-order valence-electron chi connectivity index (χ4n) is 2.73. The molecular formula is C14H13F3N2O. The van der Waals surface area contributed by atoms with Crippen molar-refractivity contribution in [1.29, 1.82) is 0 Å². The second-order valence-electron chi connectivity index (χ2n) is 5.04. The third-order valence-electron chi connectivity index (χ3n) is 3.79. The van der Waals surface area contributed by atoms with Crippen LogP contribution in [0.15, 0.2) is 41.0 Å². The molecule has 1 saturated carbocycles. The van der Waals surface area contributed by atoms with Gasteiger partial charge in [0.25, 0.3) is 5.72 Å². The van der Waals surface area contributed by atoms with Crippen molar-refractivity contribution in [2.75, 3.05) is 0 Å². The molecule has 1 aliphatic carbocycles. The van der Waals surface area contributed by atoms with E-state index in [0.29, 0.717) is 12.1 Å². The predicted molar refractivity (Wildman–Crippen MR) is 68.7 cm³/mol. The van der Waals surface area contributed by atoms with Crippen molar-refractivity contribution in [1.82, 2.24) is 5.43 Å². The summed E-state index contributed by atoms with van der Waals surface area (Å²) in [5.74, 6) is -1.03. The van der Waals surface area contributed by atoms with Gasteiger partial charge in [-0.1, -0.05) is 30.3 Å². The molecule has 2 N–H and O–H groups in total. The van der Waals surface area contributed by atoms with Crippen LogP contribution in [0, 0.1) is 5.92 Å². The van der Waals surface area contributed by atoms with Gasteiger partial charge in [-0.25, -0.2) is 0 Å². The standard InChI is InChI=1S/C14H13F3N2O/c15-14(16,17)13(20)11-7-6-10(12(11)18-19-13)8-9-4-2-1-3-5-9/h1-5,8,11,19-20H,6-7H2/b10-8+/t11-,13-/m0/s1. The van der Waals surface area contributed by atoms with Crippen LogP contribution in [0.3, 0.4) is 0 Å². The maximum absolute atomic E-state index is 12.9. The minimum absolute atomic E-state index is 0.237. The molecule has 0 spiro atoms. The zero-order valence-electron chi connectivity index (χ0n) is 10.5. The van der Waals surface area contributed by atoms with Crippen LogP contribution in [-0.4, -0.2) is 22.7 Å². The second-order valence-corrected chi connectivity index (χ2v) is 5.04. The Morgan fingerprint density at radius 3 is 2.65 bits per heavy atom. The second kappa shape index (κ2) is 4.34. The fourth-order valence-corrected chi connectivity index (χ4v) is 2.73. The molecule has 1 heterocycles. The molecule has 0 saturated heterocycles. The van der Waals surface area contributed by atoms with Gasteiger partial charge in [-0.2, -0.15) is 18.3 Å². The number of alkyl halides is 3. The van der Waals surface area contributed by atoms with Crippen LogP contribution in [0.5, 0.6) is 0 Å². The van der Waals surface area contributed by atoms with Crippen molar-refractivity contribution in [2.45, 2.75) is 24.7 Å². The highest BCUT2D eigenvalue weighted by Gasteiger charge is 2.64. The van der Waals surface area contributed by atoms with Gasteiger partial charge in [0, 0.05) is 0 Å². The van der Waals surface area contributed by atoms with Crippen molar-refractivity contribution in [3.63, 3.8) is 0 Å². The maximum Gasteiger partial charge on any atom is 0.438 e. The van der Waals surface area contributed by atoms with Crippen LogP contribution in [0.4, 0.5) is 13.2 Å². The Kier molecular flexibility index (Phi) is 2.86. The number of hydrogen-bond acceptors (Lipinski definition) is 3.